The Balaban J connectivity index is -0.0000000286. The van der Waals surface area contributed by atoms with Crippen LogP contribution in [0.25, 0.3) is 0 Å². The molecular formula is C16H41F13O5S. The molecule has 0 aromatic heterocycles. The summed E-state index contributed by atoms with van der Waals surface area (Å²) in [5.74, 6) is -8.34. The van der Waals surface area contributed by atoms with E-state index in [0.29, 0.717) is 0 Å². The van der Waals surface area contributed by atoms with E-state index in [2.05, 4.69) is 4.74 Å². The number of hydrogen-bond acceptors (Lipinski definition) is 4. The fourth-order valence-corrected chi connectivity index (χ4v) is 0.806. The normalized spacial score (nSPS) is 10.7. The molecule has 0 fully saturated rings. The van der Waals surface area contributed by atoms with E-state index in [1.807, 2.05) is 0 Å². The smallest absolute Gasteiger partial charge is 0.331 e. The highest BCUT2D eigenvalue weighted by atomic mass is 32.2. The third kappa shape index (κ3) is 50.7. The van der Waals surface area contributed by atoms with Gasteiger partial charge in [-0.25, -0.2) is 26.3 Å². The quantitative estimate of drug-likeness (QED) is 0.249. The predicted molar refractivity (Wildman–Crippen MR) is 113 cm³/mol. The summed E-state index contributed by atoms with van der Waals surface area (Å²) in [4.78, 5) is 0. The highest BCUT2D eigenvalue weighted by Crippen LogP contribution is 2.44. The van der Waals surface area contributed by atoms with Crippen LogP contribution in [-0.4, -0.2) is 76.0 Å². The van der Waals surface area contributed by atoms with Crippen molar-refractivity contribution < 1.29 is 79.9 Å². The maximum absolute atomic E-state index is 12.6. The first-order chi connectivity index (χ1) is 12.9. The second-order valence-electron chi connectivity index (χ2n) is 3.33. The van der Waals surface area contributed by atoms with E-state index in [4.69, 9.17) is 9.66 Å². The van der Waals surface area contributed by atoms with Gasteiger partial charge in [-0.2, -0.15) is 34.8 Å². The number of hydrogen-bond donors (Lipinski definition) is 2. The van der Waals surface area contributed by atoms with E-state index in [1.165, 1.54) is 6.92 Å². The molecule has 0 saturated heterocycles. The number of aliphatic hydroxyl groups is 1. The van der Waals surface area contributed by atoms with Gasteiger partial charge in [0.05, 0.1) is 6.67 Å². The van der Waals surface area contributed by atoms with Crippen molar-refractivity contribution in [3.63, 3.8) is 0 Å². The van der Waals surface area contributed by atoms with Gasteiger partial charge in [0.25, 0.3) is 10.1 Å². The lowest BCUT2D eigenvalue weighted by Crippen LogP contribution is -2.57. The van der Waals surface area contributed by atoms with Crippen LogP contribution in [0.4, 0.5) is 57.1 Å². The van der Waals surface area contributed by atoms with Gasteiger partial charge in [0.1, 0.15) is 13.3 Å². The SMILES string of the molecule is C.C.C.C.C.C.CCF.FCCF.FCF.FCF.O=S(=O)(O)COC(F)(C(O)(F)F)C(F)(F)F. The van der Waals surface area contributed by atoms with Crippen LogP contribution in [0.2, 0.25) is 0 Å². The molecule has 0 bridgehead atoms. The average molecular weight is 593 g/mol. The molecule has 0 radical (unpaired) electrons. The molecule has 0 heterocycles. The van der Waals surface area contributed by atoms with Gasteiger partial charge in [0, 0.05) is 0 Å². The predicted octanol–water partition coefficient (Wildman–Crippen LogP) is 8.15. The molecule has 0 aliphatic carbocycles. The first kappa shape index (κ1) is 70.0. The molecule has 0 saturated carbocycles. The highest BCUT2D eigenvalue weighted by Gasteiger charge is 2.73. The first-order valence-corrected chi connectivity index (χ1v) is 7.84. The number of alkyl halides is 13. The van der Waals surface area contributed by atoms with E-state index in [0.717, 1.165) is 0 Å². The van der Waals surface area contributed by atoms with E-state index >= 15 is 0 Å². The summed E-state index contributed by atoms with van der Waals surface area (Å²) in [5, 5.41) is 7.64. The van der Waals surface area contributed by atoms with Gasteiger partial charge in [-0.05, 0) is 6.92 Å². The largest absolute Gasteiger partial charge is 0.458 e. The average Bonchev–Trinajstić information content (AvgIpc) is 2.52. The molecular weight excluding hydrogens is 551 g/mol. The molecule has 0 spiro atoms. The molecule has 0 rings (SSSR count). The summed E-state index contributed by atoms with van der Waals surface area (Å²) >= 11 is 0. The Hall–Kier alpha value is -1.08. The monoisotopic (exact) mass is 592 g/mol. The van der Waals surface area contributed by atoms with Crippen molar-refractivity contribution in [2.75, 3.05) is 39.8 Å². The van der Waals surface area contributed by atoms with Gasteiger partial charge in [-0.3, -0.25) is 8.94 Å². The van der Waals surface area contributed by atoms with Crippen molar-refractivity contribution in [1.29, 1.82) is 0 Å². The molecule has 1 atom stereocenters. The Labute approximate surface area is 200 Å². The standard InChI is InChI=1S/C4H4F6O5S.C2H4F2.C2H5F.2CH2F2.6CH4/c5-2(3(6,7)8,4(9,10)11)15-1-16(12,13)14;3-1-2-4;1-2-3;2*2-1-3;;;;;;/h11H,1H2,(H,12,13,14);1-2H2;2H2,1H3;2*1H2;6*1H4. The van der Waals surface area contributed by atoms with Crippen molar-refractivity contribution in [2.45, 2.75) is 69.6 Å². The summed E-state index contributed by atoms with van der Waals surface area (Å²) in [7, 11) is -5.28. The third-order valence-corrected chi connectivity index (χ3v) is 1.65. The minimum Gasteiger partial charge on any atom is -0.331 e. The lowest BCUT2D eigenvalue weighted by Gasteiger charge is -2.30. The van der Waals surface area contributed by atoms with Gasteiger partial charge >= 0.3 is 18.1 Å². The number of halogens is 13. The molecule has 0 aromatic carbocycles. The zero-order valence-corrected chi connectivity index (χ0v) is 15.0. The highest BCUT2D eigenvalue weighted by molar-refractivity contribution is 7.85. The lowest BCUT2D eigenvalue weighted by molar-refractivity contribution is -0.446. The van der Waals surface area contributed by atoms with Gasteiger partial charge in [0.15, 0.2) is 5.94 Å². The topological polar surface area (TPSA) is 83.8 Å². The van der Waals surface area contributed by atoms with Crippen LogP contribution in [0, 0.1) is 0 Å². The molecule has 1 unspecified atom stereocenters. The van der Waals surface area contributed by atoms with Gasteiger partial charge in [-0.1, -0.05) is 44.6 Å². The fraction of sp³-hybridized carbons (Fsp3) is 1.00. The van der Waals surface area contributed by atoms with Gasteiger partial charge in [0.2, 0.25) is 13.9 Å². The number of rotatable bonds is 5. The molecule has 0 amide bonds. The summed E-state index contributed by atoms with van der Waals surface area (Å²) < 4.78 is 172. The Kier molecular flexibility index (Phi) is 74.9. The third-order valence-electron chi connectivity index (χ3n) is 1.23. The Bertz CT molecular complexity index is 414. The van der Waals surface area contributed by atoms with Crippen molar-refractivity contribution in [2.24, 2.45) is 0 Å². The Morgan fingerprint density at radius 1 is 0.686 bits per heavy atom. The van der Waals surface area contributed by atoms with Crippen LogP contribution >= 0.6 is 0 Å². The van der Waals surface area contributed by atoms with Crippen LogP contribution in [-0.2, 0) is 14.9 Å². The van der Waals surface area contributed by atoms with Crippen molar-refractivity contribution in [1.82, 2.24) is 0 Å². The maximum atomic E-state index is 12.6. The summed E-state index contributed by atoms with van der Waals surface area (Å²) in [6.07, 6.45) is -12.4. The fourth-order valence-electron chi connectivity index (χ4n) is 0.495. The van der Waals surface area contributed by atoms with Gasteiger partial charge in [-0.15, -0.1) is 0 Å². The molecule has 2 N–H and O–H groups in total. The molecule has 0 aromatic rings. The van der Waals surface area contributed by atoms with E-state index in [1.54, 1.807) is 0 Å². The van der Waals surface area contributed by atoms with E-state index in [-0.39, 0.29) is 51.2 Å². The van der Waals surface area contributed by atoms with Crippen LogP contribution < -0.4 is 0 Å². The van der Waals surface area contributed by atoms with Crippen LogP contribution in [0.5, 0.6) is 0 Å². The zero-order valence-electron chi connectivity index (χ0n) is 14.2. The molecule has 19 heteroatoms. The van der Waals surface area contributed by atoms with Crippen LogP contribution in [0.3, 0.4) is 0 Å². The molecule has 35 heavy (non-hydrogen) atoms. The number of ether oxygens (including phenoxy) is 1. The minimum absolute atomic E-state index is 0. The molecule has 0 aliphatic rings. The maximum Gasteiger partial charge on any atom is 0.458 e. The van der Waals surface area contributed by atoms with Crippen LogP contribution in [0.15, 0.2) is 0 Å². The van der Waals surface area contributed by atoms with Crippen molar-refractivity contribution >= 4 is 10.1 Å². The van der Waals surface area contributed by atoms with Crippen molar-refractivity contribution in [3.05, 3.63) is 0 Å². The van der Waals surface area contributed by atoms with E-state index in [9.17, 15) is 65.5 Å². The second kappa shape index (κ2) is 37.5. The summed E-state index contributed by atoms with van der Waals surface area (Å²) in [5.41, 5.74) is 0. The van der Waals surface area contributed by atoms with E-state index < -0.39 is 61.4 Å². The molecule has 5 nitrogen and oxygen atoms in total. The molecule has 0 aliphatic heterocycles. The second-order valence-corrected chi connectivity index (χ2v) is 4.73. The minimum atomic E-state index is -6.41. The Morgan fingerprint density at radius 2 is 0.886 bits per heavy atom. The van der Waals surface area contributed by atoms with Crippen LogP contribution in [0.1, 0.15) is 51.5 Å². The van der Waals surface area contributed by atoms with Crippen molar-refractivity contribution in [3.8, 4) is 0 Å². The summed E-state index contributed by atoms with van der Waals surface area (Å²) in [6, 6.07) is 0. The lowest BCUT2D eigenvalue weighted by atomic mass is 10.3. The van der Waals surface area contributed by atoms with Gasteiger partial charge < -0.3 is 9.84 Å². The summed E-state index contributed by atoms with van der Waals surface area (Å²) in [6.45, 7) is -3.99. The Morgan fingerprint density at radius 3 is 0.971 bits per heavy atom. The molecule has 232 valence electrons. The first-order valence-electron chi connectivity index (χ1n) is 6.23. The zero-order chi connectivity index (χ0) is 24.9.